The Balaban J connectivity index is 1.77. The monoisotopic (exact) mass is 433 g/mol. The lowest BCUT2D eigenvalue weighted by molar-refractivity contribution is 0.102. The summed E-state index contributed by atoms with van der Waals surface area (Å²) in [6, 6.07) is 13.1. The van der Waals surface area contributed by atoms with Crippen molar-refractivity contribution in [1.82, 2.24) is 9.78 Å². The Bertz CT molecular complexity index is 857. The van der Waals surface area contributed by atoms with E-state index in [1.54, 1.807) is 23.0 Å². The number of nitrogens with zero attached hydrogens (tertiary/aromatic N) is 2. The third-order valence-corrected chi connectivity index (χ3v) is 4.38. The molecule has 0 radical (unpaired) electrons. The van der Waals surface area contributed by atoms with Crippen LogP contribution in [-0.2, 0) is 0 Å². The molecule has 116 valence electrons. The number of benzene rings is 2. The Morgan fingerprint density at radius 2 is 1.87 bits per heavy atom. The van der Waals surface area contributed by atoms with Crippen molar-refractivity contribution in [3.63, 3.8) is 0 Å². The number of amides is 1. The minimum absolute atomic E-state index is 0.150. The fraction of sp³-hybridized carbons (Fsp3) is 0.0588. The van der Waals surface area contributed by atoms with Gasteiger partial charge in [-0.1, -0.05) is 6.07 Å². The van der Waals surface area contributed by atoms with E-state index in [9.17, 15) is 4.79 Å². The van der Waals surface area contributed by atoms with Crippen LogP contribution in [0.1, 0.15) is 15.9 Å². The summed E-state index contributed by atoms with van der Waals surface area (Å²) in [4.78, 5) is 12.3. The van der Waals surface area contributed by atoms with Crippen LogP contribution < -0.4 is 5.32 Å². The molecule has 0 bridgehead atoms. The highest BCUT2D eigenvalue weighted by atomic mass is 79.9. The molecule has 2 aromatic carbocycles. The fourth-order valence-electron chi connectivity index (χ4n) is 2.12. The Kier molecular flexibility index (Phi) is 4.63. The van der Waals surface area contributed by atoms with Gasteiger partial charge in [0.1, 0.15) is 0 Å². The van der Waals surface area contributed by atoms with E-state index in [2.05, 4.69) is 42.3 Å². The van der Waals surface area contributed by atoms with Crippen molar-refractivity contribution in [1.29, 1.82) is 0 Å². The van der Waals surface area contributed by atoms with Crippen LogP contribution in [0.25, 0.3) is 5.69 Å². The molecule has 1 N–H and O–H groups in total. The topological polar surface area (TPSA) is 46.9 Å². The number of aryl methyl sites for hydroxylation is 1. The largest absolute Gasteiger partial charge is 0.321 e. The SMILES string of the molecule is Cc1ccc(NC(=O)c2ccc(-n3cc(Br)cn3)cc2)c(Br)c1. The van der Waals surface area contributed by atoms with E-state index < -0.39 is 0 Å². The van der Waals surface area contributed by atoms with Gasteiger partial charge in [-0.05, 0) is 80.7 Å². The molecular weight excluding hydrogens is 422 g/mol. The molecule has 0 unspecified atom stereocenters. The molecule has 3 rings (SSSR count). The zero-order valence-electron chi connectivity index (χ0n) is 12.3. The second kappa shape index (κ2) is 6.68. The Labute approximate surface area is 150 Å². The quantitative estimate of drug-likeness (QED) is 0.633. The van der Waals surface area contributed by atoms with E-state index >= 15 is 0 Å². The van der Waals surface area contributed by atoms with Gasteiger partial charge in [0.2, 0.25) is 0 Å². The van der Waals surface area contributed by atoms with Gasteiger partial charge >= 0.3 is 0 Å². The van der Waals surface area contributed by atoms with Gasteiger partial charge in [0.25, 0.3) is 5.91 Å². The summed E-state index contributed by atoms with van der Waals surface area (Å²) in [6.07, 6.45) is 3.58. The maximum Gasteiger partial charge on any atom is 0.255 e. The first kappa shape index (κ1) is 16.0. The number of aromatic nitrogens is 2. The fourth-order valence-corrected chi connectivity index (χ4v) is 3.00. The van der Waals surface area contributed by atoms with Gasteiger partial charge in [-0.25, -0.2) is 4.68 Å². The van der Waals surface area contributed by atoms with Crippen LogP contribution in [0, 0.1) is 6.92 Å². The predicted octanol–water partition coefficient (Wildman–Crippen LogP) is 4.96. The van der Waals surface area contributed by atoms with E-state index in [1.165, 1.54) is 0 Å². The maximum absolute atomic E-state index is 12.3. The van der Waals surface area contributed by atoms with Crippen molar-refractivity contribution in [3.05, 3.63) is 74.9 Å². The molecule has 1 aromatic heterocycles. The van der Waals surface area contributed by atoms with Crippen molar-refractivity contribution < 1.29 is 4.79 Å². The highest BCUT2D eigenvalue weighted by Gasteiger charge is 2.09. The van der Waals surface area contributed by atoms with Crippen LogP contribution in [0.3, 0.4) is 0 Å². The normalized spacial score (nSPS) is 10.6. The summed E-state index contributed by atoms with van der Waals surface area (Å²) >= 11 is 6.83. The molecule has 0 saturated heterocycles. The number of carbonyl (C=O) groups is 1. The lowest BCUT2D eigenvalue weighted by atomic mass is 10.1. The van der Waals surface area contributed by atoms with Gasteiger partial charge in [0.05, 0.1) is 22.0 Å². The van der Waals surface area contributed by atoms with Gasteiger partial charge in [0.15, 0.2) is 0 Å². The summed E-state index contributed by atoms with van der Waals surface area (Å²) in [5.74, 6) is -0.150. The van der Waals surface area contributed by atoms with Crippen molar-refractivity contribution in [3.8, 4) is 5.69 Å². The summed E-state index contributed by atoms with van der Waals surface area (Å²) < 4.78 is 3.51. The van der Waals surface area contributed by atoms with Gasteiger partial charge < -0.3 is 5.32 Å². The van der Waals surface area contributed by atoms with E-state index in [4.69, 9.17) is 0 Å². The van der Waals surface area contributed by atoms with E-state index in [0.29, 0.717) is 5.56 Å². The number of anilines is 1. The maximum atomic E-state index is 12.3. The van der Waals surface area contributed by atoms with Crippen LogP contribution >= 0.6 is 31.9 Å². The molecule has 0 spiro atoms. The second-order valence-electron chi connectivity index (χ2n) is 5.09. The average molecular weight is 435 g/mol. The van der Waals surface area contributed by atoms with Crippen LogP contribution in [-0.4, -0.2) is 15.7 Å². The number of carbonyl (C=O) groups excluding carboxylic acids is 1. The predicted molar refractivity (Wildman–Crippen MR) is 98.1 cm³/mol. The van der Waals surface area contributed by atoms with Crippen LogP contribution in [0.5, 0.6) is 0 Å². The first-order valence-corrected chi connectivity index (χ1v) is 8.49. The van der Waals surface area contributed by atoms with E-state index in [-0.39, 0.29) is 5.91 Å². The van der Waals surface area contributed by atoms with Crippen molar-refractivity contribution in [2.45, 2.75) is 6.92 Å². The highest BCUT2D eigenvalue weighted by molar-refractivity contribution is 9.10. The summed E-state index contributed by atoms with van der Waals surface area (Å²) in [6.45, 7) is 2.00. The number of nitrogens with one attached hydrogen (secondary N) is 1. The third kappa shape index (κ3) is 3.71. The number of hydrogen-bond acceptors (Lipinski definition) is 2. The lowest BCUT2D eigenvalue weighted by Crippen LogP contribution is -2.12. The molecule has 1 amide bonds. The molecular formula is C17H13Br2N3O. The minimum atomic E-state index is -0.150. The molecule has 0 aliphatic heterocycles. The molecule has 0 saturated carbocycles. The molecule has 3 aromatic rings. The van der Waals surface area contributed by atoms with Gasteiger partial charge in [0, 0.05) is 16.2 Å². The zero-order valence-corrected chi connectivity index (χ0v) is 15.4. The molecule has 0 aliphatic carbocycles. The van der Waals surface area contributed by atoms with Gasteiger partial charge in [-0.2, -0.15) is 5.10 Å². The van der Waals surface area contributed by atoms with Crippen molar-refractivity contribution in [2.75, 3.05) is 5.32 Å². The van der Waals surface area contributed by atoms with Crippen LogP contribution in [0.4, 0.5) is 5.69 Å². The van der Waals surface area contributed by atoms with E-state index in [1.807, 2.05) is 43.5 Å². The molecule has 0 fully saturated rings. The van der Waals surface area contributed by atoms with E-state index in [0.717, 1.165) is 25.9 Å². The molecule has 0 aliphatic rings. The minimum Gasteiger partial charge on any atom is -0.321 e. The molecule has 23 heavy (non-hydrogen) atoms. The molecule has 0 atom stereocenters. The zero-order chi connectivity index (χ0) is 16.4. The third-order valence-electron chi connectivity index (χ3n) is 3.32. The summed E-state index contributed by atoms with van der Waals surface area (Å²) in [5, 5.41) is 7.11. The van der Waals surface area contributed by atoms with Gasteiger partial charge in [-0.15, -0.1) is 0 Å². The standard InChI is InChI=1S/C17H13Br2N3O/c1-11-2-7-16(15(19)8-11)21-17(23)12-3-5-14(6-4-12)22-10-13(18)9-20-22/h2-10H,1H3,(H,21,23). The first-order chi connectivity index (χ1) is 11.0. The number of halogens is 2. The smallest absolute Gasteiger partial charge is 0.255 e. The highest BCUT2D eigenvalue weighted by Crippen LogP contribution is 2.24. The number of rotatable bonds is 3. The molecule has 1 heterocycles. The van der Waals surface area contributed by atoms with Crippen LogP contribution in [0.2, 0.25) is 0 Å². The second-order valence-corrected chi connectivity index (χ2v) is 6.86. The summed E-state index contributed by atoms with van der Waals surface area (Å²) in [7, 11) is 0. The van der Waals surface area contributed by atoms with Crippen LogP contribution in [0.15, 0.2) is 63.8 Å². The molecule has 6 heteroatoms. The number of hydrogen-bond donors (Lipinski definition) is 1. The summed E-state index contributed by atoms with van der Waals surface area (Å²) in [5.41, 5.74) is 3.36. The molecule has 4 nitrogen and oxygen atoms in total. The lowest BCUT2D eigenvalue weighted by Gasteiger charge is -2.09. The van der Waals surface area contributed by atoms with Crippen molar-refractivity contribution in [2.24, 2.45) is 0 Å². The Morgan fingerprint density at radius 3 is 2.48 bits per heavy atom. The van der Waals surface area contributed by atoms with Gasteiger partial charge in [-0.3, -0.25) is 4.79 Å². The Hall–Kier alpha value is -1.92. The first-order valence-electron chi connectivity index (χ1n) is 6.91. The Morgan fingerprint density at radius 1 is 1.13 bits per heavy atom. The van der Waals surface area contributed by atoms with Crippen molar-refractivity contribution >= 4 is 43.5 Å². The average Bonchev–Trinajstić information content (AvgIpc) is 2.97.